The Morgan fingerprint density at radius 1 is 1.39 bits per heavy atom. The molecule has 1 fully saturated rings. The van der Waals surface area contributed by atoms with E-state index in [1.54, 1.807) is 0 Å². The highest BCUT2D eigenvalue weighted by atomic mass is 16.2. The van der Waals surface area contributed by atoms with E-state index in [-0.39, 0.29) is 6.03 Å². The van der Waals surface area contributed by atoms with Crippen LogP contribution in [0.15, 0.2) is 30.3 Å². The molecule has 0 aliphatic carbocycles. The summed E-state index contributed by atoms with van der Waals surface area (Å²) in [7, 11) is 0. The Morgan fingerprint density at radius 3 is 2.89 bits per heavy atom. The van der Waals surface area contributed by atoms with E-state index in [0.717, 1.165) is 12.2 Å². The summed E-state index contributed by atoms with van der Waals surface area (Å²) in [5, 5.41) is 9.18. The molecule has 2 unspecified atom stereocenters. The van der Waals surface area contributed by atoms with E-state index >= 15 is 0 Å². The summed E-state index contributed by atoms with van der Waals surface area (Å²) < 4.78 is 0. The number of nitrogens with one attached hydrogen (secondary N) is 3. The Labute approximate surface area is 108 Å². The molecule has 1 aliphatic heterocycles. The number of hydrogen-bond donors (Lipinski definition) is 3. The quantitative estimate of drug-likeness (QED) is 0.767. The third kappa shape index (κ3) is 3.74. The molecule has 4 heteroatoms. The van der Waals surface area contributed by atoms with Crippen molar-refractivity contribution < 1.29 is 4.79 Å². The number of rotatable bonds is 3. The fourth-order valence-corrected chi connectivity index (χ4v) is 2.29. The predicted octanol–water partition coefficient (Wildman–Crippen LogP) is 2.20. The van der Waals surface area contributed by atoms with Gasteiger partial charge in [0.2, 0.25) is 0 Å². The van der Waals surface area contributed by atoms with E-state index in [4.69, 9.17) is 0 Å². The summed E-state index contributed by atoms with van der Waals surface area (Å²) in [6.07, 6.45) is 2.47. The van der Waals surface area contributed by atoms with E-state index in [1.165, 1.54) is 12.8 Å². The highest BCUT2D eigenvalue weighted by Crippen LogP contribution is 2.14. The summed E-state index contributed by atoms with van der Waals surface area (Å²) >= 11 is 0. The summed E-state index contributed by atoms with van der Waals surface area (Å²) in [6.45, 7) is 3.96. The number of para-hydroxylation sites is 1. The zero-order valence-electron chi connectivity index (χ0n) is 10.8. The first-order valence-corrected chi connectivity index (χ1v) is 6.59. The molecule has 0 bridgehead atoms. The third-order valence-electron chi connectivity index (χ3n) is 3.44. The molecule has 1 aromatic carbocycles. The second kappa shape index (κ2) is 6.40. The van der Waals surface area contributed by atoms with Crippen LogP contribution in [0.3, 0.4) is 0 Å². The summed E-state index contributed by atoms with van der Waals surface area (Å²) in [5.41, 5.74) is 0.819. The van der Waals surface area contributed by atoms with E-state index in [1.807, 2.05) is 30.3 Å². The van der Waals surface area contributed by atoms with Crippen molar-refractivity contribution in [3.05, 3.63) is 30.3 Å². The van der Waals surface area contributed by atoms with Gasteiger partial charge >= 0.3 is 6.03 Å². The van der Waals surface area contributed by atoms with Crippen LogP contribution >= 0.6 is 0 Å². The van der Waals surface area contributed by atoms with Gasteiger partial charge in [-0.3, -0.25) is 0 Å². The monoisotopic (exact) mass is 247 g/mol. The Morgan fingerprint density at radius 2 is 2.17 bits per heavy atom. The van der Waals surface area contributed by atoms with Crippen molar-refractivity contribution >= 4 is 11.7 Å². The van der Waals surface area contributed by atoms with Gasteiger partial charge < -0.3 is 16.0 Å². The van der Waals surface area contributed by atoms with Gasteiger partial charge in [0.15, 0.2) is 0 Å². The maximum absolute atomic E-state index is 11.7. The van der Waals surface area contributed by atoms with Gasteiger partial charge in [0.05, 0.1) is 0 Å². The van der Waals surface area contributed by atoms with Crippen molar-refractivity contribution in [2.45, 2.75) is 25.8 Å². The zero-order chi connectivity index (χ0) is 12.8. The van der Waals surface area contributed by atoms with Gasteiger partial charge in [-0.2, -0.15) is 0 Å². The van der Waals surface area contributed by atoms with E-state index in [2.05, 4.69) is 22.9 Å². The predicted molar refractivity (Wildman–Crippen MR) is 73.7 cm³/mol. The normalized spacial score (nSPS) is 23.4. The largest absolute Gasteiger partial charge is 0.336 e. The highest BCUT2D eigenvalue weighted by Gasteiger charge is 2.20. The number of anilines is 1. The van der Waals surface area contributed by atoms with Gasteiger partial charge in [-0.15, -0.1) is 0 Å². The lowest BCUT2D eigenvalue weighted by Crippen LogP contribution is -2.48. The number of piperidine rings is 1. The third-order valence-corrected chi connectivity index (χ3v) is 3.44. The molecule has 1 heterocycles. The van der Waals surface area contributed by atoms with E-state index < -0.39 is 0 Å². The maximum Gasteiger partial charge on any atom is 0.319 e. The fraction of sp³-hybridized carbons (Fsp3) is 0.500. The van der Waals surface area contributed by atoms with E-state index in [9.17, 15) is 4.79 Å². The summed E-state index contributed by atoms with van der Waals surface area (Å²) in [4.78, 5) is 11.7. The maximum atomic E-state index is 11.7. The van der Waals surface area contributed by atoms with Gasteiger partial charge in [0.1, 0.15) is 0 Å². The second-order valence-electron chi connectivity index (χ2n) is 4.88. The molecule has 2 amide bonds. The molecule has 0 saturated carbocycles. The lowest BCUT2D eigenvalue weighted by Gasteiger charge is -2.30. The molecule has 1 aromatic rings. The summed E-state index contributed by atoms with van der Waals surface area (Å²) in [5.74, 6) is 0.621. The molecular formula is C14H21N3O. The average molecular weight is 247 g/mol. The molecular weight excluding hydrogens is 226 g/mol. The van der Waals surface area contributed by atoms with Crippen LogP contribution in [0.1, 0.15) is 19.8 Å². The van der Waals surface area contributed by atoms with Crippen LogP contribution in [0.2, 0.25) is 0 Å². The zero-order valence-corrected chi connectivity index (χ0v) is 10.8. The Hall–Kier alpha value is -1.55. The molecule has 3 N–H and O–H groups in total. The molecule has 2 atom stereocenters. The van der Waals surface area contributed by atoms with Crippen LogP contribution < -0.4 is 16.0 Å². The first-order valence-electron chi connectivity index (χ1n) is 6.59. The standard InChI is InChI=1S/C14H21N3O/c1-11-6-5-9-15-13(11)10-16-14(18)17-12-7-3-2-4-8-12/h2-4,7-8,11,13,15H,5-6,9-10H2,1H3,(H2,16,17,18). The molecule has 18 heavy (non-hydrogen) atoms. The highest BCUT2D eigenvalue weighted by molar-refractivity contribution is 5.89. The number of amides is 2. The van der Waals surface area contributed by atoms with Crippen LogP contribution in [-0.4, -0.2) is 25.2 Å². The smallest absolute Gasteiger partial charge is 0.319 e. The molecule has 1 saturated heterocycles. The minimum Gasteiger partial charge on any atom is -0.336 e. The molecule has 2 rings (SSSR count). The molecule has 4 nitrogen and oxygen atoms in total. The fourth-order valence-electron chi connectivity index (χ4n) is 2.29. The Kier molecular flexibility index (Phi) is 4.59. The van der Waals surface area contributed by atoms with Crippen LogP contribution in [-0.2, 0) is 0 Å². The number of hydrogen-bond acceptors (Lipinski definition) is 2. The Balaban J connectivity index is 1.74. The van der Waals surface area contributed by atoms with Crippen LogP contribution in [0, 0.1) is 5.92 Å². The van der Waals surface area contributed by atoms with Crippen molar-refractivity contribution in [2.75, 3.05) is 18.4 Å². The number of benzene rings is 1. The average Bonchev–Trinajstić information content (AvgIpc) is 2.39. The molecule has 98 valence electrons. The lowest BCUT2D eigenvalue weighted by atomic mass is 9.93. The van der Waals surface area contributed by atoms with Crippen molar-refractivity contribution in [1.82, 2.24) is 10.6 Å². The Bertz CT molecular complexity index is 380. The van der Waals surface area contributed by atoms with Gasteiger partial charge in [-0.1, -0.05) is 25.1 Å². The van der Waals surface area contributed by atoms with Gasteiger partial charge in [-0.05, 0) is 37.4 Å². The number of urea groups is 1. The van der Waals surface area contributed by atoms with Crippen molar-refractivity contribution in [3.8, 4) is 0 Å². The number of carbonyl (C=O) groups is 1. The van der Waals surface area contributed by atoms with Gasteiger partial charge in [-0.25, -0.2) is 4.79 Å². The first-order chi connectivity index (χ1) is 8.75. The summed E-state index contributed by atoms with van der Waals surface area (Å²) in [6, 6.07) is 9.74. The van der Waals surface area contributed by atoms with Crippen molar-refractivity contribution in [3.63, 3.8) is 0 Å². The van der Waals surface area contributed by atoms with Gasteiger partial charge in [0, 0.05) is 18.3 Å². The van der Waals surface area contributed by atoms with Crippen molar-refractivity contribution in [2.24, 2.45) is 5.92 Å². The van der Waals surface area contributed by atoms with Crippen LogP contribution in [0.4, 0.5) is 10.5 Å². The minimum absolute atomic E-state index is 0.138. The van der Waals surface area contributed by atoms with Gasteiger partial charge in [0.25, 0.3) is 0 Å². The number of carbonyl (C=O) groups excluding carboxylic acids is 1. The van der Waals surface area contributed by atoms with Crippen LogP contribution in [0.5, 0.6) is 0 Å². The lowest BCUT2D eigenvalue weighted by molar-refractivity contribution is 0.244. The van der Waals surface area contributed by atoms with Crippen LogP contribution in [0.25, 0.3) is 0 Å². The molecule has 0 aromatic heterocycles. The minimum atomic E-state index is -0.138. The van der Waals surface area contributed by atoms with Crippen molar-refractivity contribution in [1.29, 1.82) is 0 Å². The first kappa shape index (κ1) is 12.9. The molecule has 0 radical (unpaired) electrons. The van der Waals surface area contributed by atoms with E-state index in [0.29, 0.717) is 18.5 Å². The second-order valence-corrected chi connectivity index (χ2v) is 4.88. The topological polar surface area (TPSA) is 53.2 Å². The molecule has 0 spiro atoms. The SMILES string of the molecule is CC1CCCNC1CNC(=O)Nc1ccccc1. The molecule has 1 aliphatic rings.